The third kappa shape index (κ3) is 5.35. The summed E-state index contributed by atoms with van der Waals surface area (Å²) in [5.74, 6) is 0.611. The lowest BCUT2D eigenvalue weighted by Crippen LogP contribution is -1.80. The van der Waals surface area contributed by atoms with Gasteiger partial charge in [0.15, 0.2) is 0 Å². The van der Waals surface area contributed by atoms with Crippen LogP contribution in [0.15, 0.2) is 48.5 Å². The summed E-state index contributed by atoms with van der Waals surface area (Å²) in [4.78, 5) is 0. The Bertz CT molecular complexity index is 400. The Balaban J connectivity index is 0.000000180. The highest BCUT2D eigenvalue weighted by Crippen LogP contribution is 2.04. The van der Waals surface area contributed by atoms with E-state index < -0.39 is 0 Å². The molecule has 2 aromatic rings. The van der Waals surface area contributed by atoms with Crippen LogP contribution in [0.4, 0.5) is 0 Å². The second-order valence-corrected chi connectivity index (χ2v) is 4.53. The van der Waals surface area contributed by atoms with E-state index in [-0.39, 0.29) is 6.61 Å². The molecule has 0 bridgehead atoms. The van der Waals surface area contributed by atoms with Gasteiger partial charge in [0.05, 0.1) is 6.61 Å². The zero-order chi connectivity index (χ0) is 13.4. The standard InChI is InChI=1S/C8H9Cl.C8H10O/c2*1-7-2-4-8(6-9)5-3-7/h2-5H,6H2,1H3;2-5,9H,6H2,1H3. The van der Waals surface area contributed by atoms with Crippen LogP contribution in [-0.2, 0) is 12.5 Å². The number of halogens is 1. The largest absolute Gasteiger partial charge is 0.392 e. The second-order valence-electron chi connectivity index (χ2n) is 4.26. The number of aliphatic hydroxyl groups excluding tert-OH is 1. The summed E-state index contributed by atoms with van der Waals surface area (Å²) in [6, 6.07) is 16.1. The van der Waals surface area contributed by atoms with Gasteiger partial charge in [-0.25, -0.2) is 0 Å². The van der Waals surface area contributed by atoms with E-state index in [1.807, 2.05) is 43.3 Å². The van der Waals surface area contributed by atoms with Crippen LogP contribution >= 0.6 is 11.6 Å². The van der Waals surface area contributed by atoms with Crippen molar-refractivity contribution in [2.24, 2.45) is 0 Å². The lowest BCUT2D eigenvalue weighted by molar-refractivity contribution is 0.282. The van der Waals surface area contributed by atoms with E-state index in [4.69, 9.17) is 16.7 Å². The van der Waals surface area contributed by atoms with Crippen LogP contribution in [0.1, 0.15) is 22.3 Å². The maximum Gasteiger partial charge on any atom is 0.0681 e. The highest BCUT2D eigenvalue weighted by Gasteiger charge is 1.86. The normalized spacial score (nSPS) is 9.56. The molecule has 0 radical (unpaired) electrons. The van der Waals surface area contributed by atoms with Crippen molar-refractivity contribution in [3.05, 3.63) is 70.8 Å². The van der Waals surface area contributed by atoms with Gasteiger partial charge in [0.1, 0.15) is 0 Å². The molecule has 2 heteroatoms. The van der Waals surface area contributed by atoms with Gasteiger partial charge in [0, 0.05) is 5.88 Å². The lowest BCUT2D eigenvalue weighted by Gasteiger charge is -1.93. The molecule has 1 N–H and O–H groups in total. The summed E-state index contributed by atoms with van der Waals surface area (Å²) in [5, 5.41) is 8.63. The Kier molecular flexibility index (Phi) is 6.48. The van der Waals surface area contributed by atoms with Crippen molar-refractivity contribution in [1.82, 2.24) is 0 Å². The van der Waals surface area contributed by atoms with E-state index in [2.05, 4.69) is 19.1 Å². The molecule has 0 aliphatic heterocycles. The number of alkyl halides is 1. The van der Waals surface area contributed by atoms with Gasteiger partial charge in [-0.15, -0.1) is 11.6 Å². The first-order chi connectivity index (χ1) is 8.65. The molecule has 18 heavy (non-hydrogen) atoms. The van der Waals surface area contributed by atoms with Crippen LogP contribution in [0.5, 0.6) is 0 Å². The van der Waals surface area contributed by atoms with E-state index >= 15 is 0 Å². The predicted octanol–water partition coefficient (Wildman–Crippen LogP) is 4.22. The van der Waals surface area contributed by atoms with Gasteiger partial charge < -0.3 is 5.11 Å². The topological polar surface area (TPSA) is 20.2 Å². The molecule has 0 unspecified atom stereocenters. The number of hydrogen-bond acceptors (Lipinski definition) is 1. The van der Waals surface area contributed by atoms with Crippen molar-refractivity contribution in [2.75, 3.05) is 0 Å². The molecule has 96 valence electrons. The van der Waals surface area contributed by atoms with Crippen LogP contribution < -0.4 is 0 Å². The predicted molar refractivity (Wildman–Crippen MR) is 77.8 cm³/mol. The van der Waals surface area contributed by atoms with Gasteiger partial charge in [-0.05, 0) is 25.0 Å². The first-order valence-electron chi connectivity index (χ1n) is 5.93. The molecule has 0 aliphatic rings. The molecule has 0 aliphatic carbocycles. The number of rotatable bonds is 2. The van der Waals surface area contributed by atoms with E-state index in [0.29, 0.717) is 5.88 Å². The minimum Gasteiger partial charge on any atom is -0.392 e. The van der Waals surface area contributed by atoms with E-state index in [9.17, 15) is 0 Å². The summed E-state index contributed by atoms with van der Waals surface area (Å²) in [6.07, 6.45) is 0. The highest BCUT2D eigenvalue weighted by molar-refractivity contribution is 6.17. The van der Waals surface area contributed by atoms with Crippen molar-refractivity contribution in [2.45, 2.75) is 26.3 Å². The highest BCUT2D eigenvalue weighted by atomic mass is 35.5. The quantitative estimate of drug-likeness (QED) is 0.804. The Hall–Kier alpha value is -1.31. The molecule has 0 saturated heterocycles. The fraction of sp³-hybridized carbons (Fsp3) is 0.250. The van der Waals surface area contributed by atoms with Crippen molar-refractivity contribution < 1.29 is 5.11 Å². The van der Waals surface area contributed by atoms with Crippen molar-refractivity contribution >= 4 is 11.6 Å². The fourth-order valence-electron chi connectivity index (χ4n) is 1.37. The maximum absolute atomic E-state index is 8.63. The van der Waals surface area contributed by atoms with Gasteiger partial charge in [-0.1, -0.05) is 59.7 Å². The van der Waals surface area contributed by atoms with Gasteiger partial charge in [0.25, 0.3) is 0 Å². The minimum absolute atomic E-state index is 0.139. The summed E-state index contributed by atoms with van der Waals surface area (Å²) in [7, 11) is 0. The number of benzene rings is 2. The SMILES string of the molecule is Cc1ccc(CCl)cc1.Cc1ccc(CO)cc1. The summed E-state index contributed by atoms with van der Waals surface area (Å²) in [6.45, 7) is 4.24. The van der Waals surface area contributed by atoms with Gasteiger partial charge in [0.2, 0.25) is 0 Å². The van der Waals surface area contributed by atoms with E-state index in [1.165, 1.54) is 16.7 Å². The van der Waals surface area contributed by atoms with E-state index in [1.54, 1.807) is 0 Å². The lowest BCUT2D eigenvalue weighted by atomic mass is 10.2. The second kappa shape index (κ2) is 7.91. The third-order valence-corrected chi connectivity index (χ3v) is 2.89. The molecule has 0 aromatic heterocycles. The monoisotopic (exact) mass is 262 g/mol. The van der Waals surface area contributed by atoms with Gasteiger partial charge in [-0.2, -0.15) is 0 Å². The number of hydrogen-bond donors (Lipinski definition) is 1. The fourth-order valence-corrected chi connectivity index (χ4v) is 1.55. The third-order valence-electron chi connectivity index (χ3n) is 2.58. The molecule has 0 fully saturated rings. The molecule has 2 rings (SSSR count). The molecular formula is C16H19ClO. The van der Waals surface area contributed by atoms with Crippen molar-refractivity contribution in [3.8, 4) is 0 Å². The summed E-state index contributed by atoms with van der Waals surface area (Å²) < 4.78 is 0. The van der Waals surface area contributed by atoms with E-state index in [0.717, 1.165) is 5.56 Å². The first kappa shape index (κ1) is 14.7. The Labute approximate surface area is 114 Å². The van der Waals surface area contributed by atoms with Gasteiger partial charge >= 0.3 is 0 Å². The van der Waals surface area contributed by atoms with Crippen LogP contribution in [0.3, 0.4) is 0 Å². The number of aryl methyl sites for hydroxylation is 2. The summed E-state index contributed by atoms with van der Waals surface area (Å²) >= 11 is 5.58. The summed E-state index contributed by atoms with van der Waals surface area (Å²) in [5.41, 5.74) is 4.67. The average Bonchev–Trinajstić information content (AvgIpc) is 2.41. The van der Waals surface area contributed by atoms with Crippen LogP contribution in [0.2, 0.25) is 0 Å². The molecule has 0 saturated carbocycles. The Morgan fingerprint density at radius 3 is 1.50 bits per heavy atom. The minimum atomic E-state index is 0.139. The zero-order valence-corrected chi connectivity index (χ0v) is 11.6. The van der Waals surface area contributed by atoms with Crippen molar-refractivity contribution in [3.63, 3.8) is 0 Å². The van der Waals surface area contributed by atoms with Gasteiger partial charge in [-0.3, -0.25) is 0 Å². The molecular weight excluding hydrogens is 244 g/mol. The molecule has 0 spiro atoms. The Morgan fingerprint density at radius 2 is 1.17 bits per heavy atom. The Morgan fingerprint density at radius 1 is 0.778 bits per heavy atom. The maximum atomic E-state index is 8.63. The van der Waals surface area contributed by atoms with Crippen LogP contribution in [0, 0.1) is 13.8 Å². The van der Waals surface area contributed by atoms with Crippen LogP contribution in [-0.4, -0.2) is 5.11 Å². The molecule has 0 atom stereocenters. The smallest absolute Gasteiger partial charge is 0.0681 e. The molecule has 0 heterocycles. The average molecular weight is 263 g/mol. The zero-order valence-electron chi connectivity index (χ0n) is 10.9. The number of aliphatic hydroxyl groups is 1. The molecule has 0 amide bonds. The van der Waals surface area contributed by atoms with Crippen molar-refractivity contribution in [1.29, 1.82) is 0 Å². The van der Waals surface area contributed by atoms with Crippen LogP contribution in [0.25, 0.3) is 0 Å². The first-order valence-corrected chi connectivity index (χ1v) is 6.47. The molecule has 1 nitrogen and oxygen atoms in total. The molecule has 2 aromatic carbocycles.